The van der Waals surface area contributed by atoms with E-state index in [0.717, 1.165) is 5.56 Å². The van der Waals surface area contributed by atoms with Crippen LogP contribution in [0.25, 0.3) is 0 Å². The third-order valence-corrected chi connectivity index (χ3v) is 5.18. The number of nitrogens with zero attached hydrogens (tertiary/aromatic N) is 2. The standard InChI is InChI=1S/C20H28FN3O3/c1-14(2)22-20(26)24-13-16(19(25)23-9-11-27-12-10-23)5-8-18(24)15-3-6-17(21)7-4-15/h3-4,6-7,14,16,18H,5,8-13H2,1-2H3,(H,22,26). The van der Waals surface area contributed by atoms with Crippen LogP contribution in [0.2, 0.25) is 0 Å². The van der Waals surface area contributed by atoms with Crippen LogP contribution in [0, 0.1) is 11.7 Å². The number of likely N-dealkylation sites (tertiary alicyclic amines) is 1. The average molecular weight is 377 g/mol. The Labute approximate surface area is 159 Å². The Balaban J connectivity index is 1.77. The Morgan fingerprint density at radius 2 is 1.81 bits per heavy atom. The highest BCUT2D eigenvalue weighted by Crippen LogP contribution is 2.34. The summed E-state index contributed by atoms with van der Waals surface area (Å²) in [4.78, 5) is 29.3. The van der Waals surface area contributed by atoms with Crippen molar-refractivity contribution in [3.05, 3.63) is 35.6 Å². The lowest BCUT2D eigenvalue weighted by atomic mass is 9.88. The number of piperidine rings is 1. The van der Waals surface area contributed by atoms with Gasteiger partial charge in [0.25, 0.3) is 0 Å². The second kappa shape index (κ2) is 8.69. The molecule has 2 aliphatic rings. The molecule has 1 N–H and O–H groups in total. The third-order valence-electron chi connectivity index (χ3n) is 5.18. The Kier molecular flexibility index (Phi) is 6.31. The van der Waals surface area contributed by atoms with Gasteiger partial charge in [0.15, 0.2) is 0 Å². The first-order valence-electron chi connectivity index (χ1n) is 9.65. The summed E-state index contributed by atoms with van der Waals surface area (Å²) in [7, 11) is 0. The highest BCUT2D eigenvalue weighted by atomic mass is 19.1. The third kappa shape index (κ3) is 4.77. The lowest BCUT2D eigenvalue weighted by Gasteiger charge is -2.41. The number of hydrogen-bond acceptors (Lipinski definition) is 3. The molecule has 0 aromatic heterocycles. The molecule has 2 atom stereocenters. The molecule has 2 aliphatic heterocycles. The van der Waals surface area contributed by atoms with Crippen molar-refractivity contribution in [2.24, 2.45) is 5.92 Å². The number of ether oxygens (including phenoxy) is 1. The predicted octanol–water partition coefficient (Wildman–Crippen LogP) is 2.56. The number of rotatable bonds is 3. The molecule has 0 saturated carbocycles. The first-order chi connectivity index (χ1) is 13.0. The van der Waals surface area contributed by atoms with Crippen molar-refractivity contribution >= 4 is 11.9 Å². The number of halogens is 1. The molecular formula is C20H28FN3O3. The maximum atomic E-state index is 13.3. The summed E-state index contributed by atoms with van der Waals surface area (Å²) < 4.78 is 18.6. The van der Waals surface area contributed by atoms with Gasteiger partial charge in [-0.25, -0.2) is 9.18 Å². The molecule has 7 heteroatoms. The molecule has 6 nitrogen and oxygen atoms in total. The molecule has 1 aromatic rings. The Morgan fingerprint density at radius 1 is 1.15 bits per heavy atom. The van der Waals surface area contributed by atoms with Crippen LogP contribution in [0.5, 0.6) is 0 Å². The maximum Gasteiger partial charge on any atom is 0.318 e. The molecular weight excluding hydrogens is 349 g/mol. The zero-order valence-electron chi connectivity index (χ0n) is 16.0. The van der Waals surface area contributed by atoms with E-state index in [1.165, 1.54) is 12.1 Å². The fraction of sp³-hybridized carbons (Fsp3) is 0.600. The van der Waals surface area contributed by atoms with E-state index in [4.69, 9.17) is 4.74 Å². The summed E-state index contributed by atoms with van der Waals surface area (Å²) in [5, 5.41) is 2.93. The van der Waals surface area contributed by atoms with Crippen molar-refractivity contribution < 1.29 is 18.7 Å². The molecule has 0 aliphatic carbocycles. The molecule has 0 bridgehead atoms. The molecule has 0 spiro atoms. The van der Waals surface area contributed by atoms with Crippen molar-refractivity contribution in [2.45, 2.75) is 38.8 Å². The number of urea groups is 1. The monoisotopic (exact) mass is 377 g/mol. The van der Waals surface area contributed by atoms with Gasteiger partial charge < -0.3 is 19.9 Å². The lowest BCUT2D eigenvalue weighted by Crippen LogP contribution is -2.53. The van der Waals surface area contributed by atoms with Crippen molar-refractivity contribution in [1.82, 2.24) is 15.1 Å². The molecule has 27 heavy (non-hydrogen) atoms. The average Bonchev–Trinajstić information content (AvgIpc) is 2.68. The van der Waals surface area contributed by atoms with Crippen LogP contribution >= 0.6 is 0 Å². The Hall–Kier alpha value is -2.15. The van der Waals surface area contributed by atoms with Crippen LogP contribution in [-0.4, -0.2) is 60.6 Å². The molecule has 2 unspecified atom stereocenters. The summed E-state index contributed by atoms with van der Waals surface area (Å²) >= 11 is 0. The zero-order chi connectivity index (χ0) is 19.4. The quantitative estimate of drug-likeness (QED) is 0.881. The van der Waals surface area contributed by atoms with E-state index in [2.05, 4.69) is 5.32 Å². The van der Waals surface area contributed by atoms with Crippen LogP contribution < -0.4 is 5.32 Å². The first-order valence-corrected chi connectivity index (χ1v) is 9.65. The highest BCUT2D eigenvalue weighted by molar-refractivity contribution is 5.81. The number of benzene rings is 1. The largest absolute Gasteiger partial charge is 0.378 e. The van der Waals surface area contributed by atoms with Gasteiger partial charge in [-0.3, -0.25) is 4.79 Å². The Morgan fingerprint density at radius 3 is 2.44 bits per heavy atom. The second-order valence-corrected chi connectivity index (χ2v) is 7.54. The van der Waals surface area contributed by atoms with Crippen LogP contribution in [0.15, 0.2) is 24.3 Å². The molecule has 0 radical (unpaired) electrons. The van der Waals surface area contributed by atoms with Crippen LogP contribution in [0.1, 0.15) is 38.3 Å². The van der Waals surface area contributed by atoms with E-state index in [9.17, 15) is 14.0 Å². The van der Waals surface area contributed by atoms with E-state index in [-0.39, 0.29) is 35.8 Å². The van der Waals surface area contributed by atoms with Gasteiger partial charge in [-0.05, 0) is 44.4 Å². The van der Waals surface area contributed by atoms with Gasteiger partial charge in [-0.1, -0.05) is 12.1 Å². The molecule has 148 valence electrons. The summed E-state index contributed by atoms with van der Waals surface area (Å²) in [6.07, 6.45) is 1.39. The summed E-state index contributed by atoms with van der Waals surface area (Å²) in [6, 6.07) is 5.94. The lowest BCUT2D eigenvalue weighted by molar-refractivity contribution is -0.141. The highest BCUT2D eigenvalue weighted by Gasteiger charge is 2.37. The van der Waals surface area contributed by atoms with Gasteiger partial charge in [-0.15, -0.1) is 0 Å². The summed E-state index contributed by atoms with van der Waals surface area (Å²) in [6.45, 7) is 6.53. The molecule has 2 fully saturated rings. The van der Waals surface area contributed by atoms with Crippen LogP contribution in [0.3, 0.4) is 0 Å². The van der Waals surface area contributed by atoms with Gasteiger partial charge in [0.2, 0.25) is 5.91 Å². The molecule has 3 rings (SSSR count). The number of nitrogens with one attached hydrogen (secondary N) is 1. The van der Waals surface area contributed by atoms with Crippen LogP contribution in [-0.2, 0) is 9.53 Å². The second-order valence-electron chi connectivity index (χ2n) is 7.54. The molecule has 2 heterocycles. The van der Waals surface area contributed by atoms with Gasteiger partial charge in [0, 0.05) is 25.7 Å². The number of morpholine rings is 1. The van der Waals surface area contributed by atoms with E-state index in [1.807, 2.05) is 18.7 Å². The van der Waals surface area contributed by atoms with Gasteiger partial charge in [0.05, 0.1) is 25.2 Å². The SMILES string of the molecule is CC(C)NC(=O)N1CC(C(=O)N2CCOCC2)CCC1c1ccc(F)cc1. The number of carbonyl (C=O) groups excluding carboxylic acids is 2. The summed E-state index contributed by atoms with van der Waals surface area (Å²) in [5.74, 6) is -0.413. The Bertz CT molecular complexity index is 659. The minimum absolute atomic E-state index is 0.00156. The first kappa shape index (κ1) is 19.6. The van der Waals surface area contributed by atoms with Crippen LogP contribution in [0.4, 0.5) is 9.18 Å². The van der Waals surface area contributed by atoms with Gasteiger partial charge >= 0.3 is 6.03 Å². The van der Waals surface area contributed by atoms with Crippen molar-refractivity contribution in [2.75, 3.05) is 32.8 Å². The number of hydrogen-bond donors (Lipinski definition) is 1. The smallest absolute Gasteiger partial charge is 0.318 e. The van der Waals surface area contributed by atoms with Crippen molar-refractivity contribution in [3.8, 4) is 0 Å². The summed E-state index contributed by atoms with van der Waals surface area (Å²) in [5.41, 5.74) is 0.896. The van der Waals surface area contributed by atoms with Crippen molar-refractivity contribution in [3.63, 3.8) is 0 Å². The maximum absolute atomic E-state index is 13.3. The molecule has 2 saturated heterocycles. The van der Waals surface area contributed by atoms with E-state index in [0.29, 0.717) is 45.7 Å². The fourth-order valence-electron chi connectivity index (χ4n) is 3.80. The van der Waals surface area contributed by atoms with Gasteiger partial charge in [-0.2, -0.15) is 0 Å². The minimum atomic E-state index is -0.298. The number of carbonyl (C=O) groups is 2. The topological polar surface area (TPSA) is 61.9 Å². The minimum Gasteiger partial charge on any atom is -0.378 e. The molecule has 1 aromatic carbocycles. The van der Waals surface area contributed by atoms with Gasteiger partial charge in [0.1, 0.15) is 5.82 Å². The van der Waals surface area contributed by atoms with E-state index >= 15 is 0 Å². The van der Waals surface area contributed by atoms with E-state index < -0.39 is 0 Å². The number of amides is 3. The zero-order valence-corrected chi connectivity index (χ0v) is 16.0. The normalized spacial score (nSPS) is 23.4. The van der Waals surface area contributed by atoms with E-state index in [1.54, 1.807) is 17.0 Å². The van der Waals surface area contributed by atoms with Crippen molar-refractivity contribution in [1.29, 1.82) is 0 Å². The molecule has 3 amide bonds. The fourth-order valence-corrected chi connectivity index (χ4v) is 3.80. The predicted molar refractivity (Wildman–Crippen MR) is 99.6 cm³/mol.